The Morgan fingerprint density at radius 2 is 2.31 bits per heavy atom. The average Bonchev–Trinajstić information content (AvgIpc) is 2.34. The molecule has 84 valence electrons. The van der Waals surface area contributed by atoms with E-state index < -0.39 is 0 Å². The third kappa shape index (κ3) is 3.66. The number of rotatable bonds is 5. The Balaban J connectivity index is 2.54. The lowest BCUT2D eigenvalue weighted by atomic mass is 10.2. The van der Waals surface area contributed by atoms with E-state index in [4.69, 9.17) is 11.2 Å². The zero-order valence-corrected chi connectivity index (χ0v) is 9.23. The number of carbonyl (C=O) groups excluding carboxylic acids is 1. The molecule has 0 amide bonds. The summed E-state index contributed by atoms with van der Waals surface area (Å²) in [4.78, 5) is 11.2. The second-order valence-corrected chi connectivity index (χ2v) is 3.18. The summed E-state index contributed by atoms with van der Waals surface area (Å²) >= 11 is 0. The molecular weight excluding hydrogens is 204 g/mol. The predicted octanol–water partition coefficient (Wildman–Crippen LogP) is 2.27. The molecule has 1 aromatic rings. The van der Waals surface area contributed by atoms with Gasteiger partial charge in [-0.3, -0.25) is 0 Å². The smallest absolute Gasteiger partial charge is 0.337 e. The molecule has 0 N–H and O–H groups in total. The number of hydrogen-bond donors (Lipinski definition) is 0. The summed E-state index contributed by atoms with van der Waals surface area (Å²) in [6.07, 6.45) is 6.62. The lowest BCUT2D eigenvalue weighted by molar-refractivity contribution is 0.0600. The molecule has 1 rings (SSSR count). The maximum atomic E-state index is 11.2. The van der Waals surface area contributed by atoms with Gasteiger partial charge in [0.25, 0.3) is 0 Å². The van der Waals surface area contributed by atoms with Gasteiger partial charge >= 0.3 is 5.97 Å². The van der Waals surface area contributed by atoms with Crippen molar-refractivity contribution >= 4 is 5.97 Å². The predicted molar refractivity (Wildman–Crippen MR) is 61.3 cm³/mol. The molecule has 1 aromatic carbocycles. The zero-order chi connectivity index (χ0) is 11.8. The van der Waals surface area contributed by atoms with E-state index in [1.807, 2.05) is 0 Å². The molecule has 0 saturated heterocycles. The van der Waals surface area contributed by atoms with E-state index in [2.05, 4.69) is 10.7 Å². The number of hydrogen-bond acceptors (Lipinski definition) is 3. The number of methoxy groups -OCH3 is 1. The normalized spacial score (nSPS) is 9.25. The van der Waals surface area contributed by atoms with Gasteiger partial charge in [0.1, 0.15) is 5.75 Å². The molecule has 0 aliphatic carbocycles. The second kappa shape index (κ2) is 6.52. The van der Waals surface area contributed by atoms with Crippen LogP contribution >= 0.6 is 0 Å². The molecule has 0 atom stereocenters. The third-order valence-corrected chi connectivity index (χ3v) is 1.99. The molecule has 0 aliphatic heterocycles. The summed E-state index contributed by atoms with van der Waals surface area (Å²) in [6, 6.07) is 6.88. The van der Waals surface area contributed by atoms with Crippen LogP contribution in [-0.2, 0) is 4.74 Å². The fourth-order valence-electron chi connectivity index (χ4n) is 1.19. The highest BCUT2D eigenvalue weighted by Crippen LogP contribution is 2.14. The summed E-state index contributed by atoms with van der Waals surface area (Å²) in [5.41, 5.74) is 0.483. The van der Waals surface area contributed by atoms with E-state index in [1.54, 1.807) is 24.3 Å². The van der Waals surface area contributed by atoms with Gasteiger partial charge in [0, 0.05) is 6.42 Å². The van der Waals surface area contributed by atoms with Crippen molar-refractivity contribution in [3.63, 3.8) is 0 Å². The monoisotopic (exact) mass is 218 g/mol. The van der Waals surface area contributed by atoms with E-state index in [0.717, 1.165) is 6.42 Å². The highest BCUT2D eigenvalue weighted by Gasteiger charge is 2.05. The SMILES string of the molecule is C#CCCCOc1cccc(C(=O)OC)c1. The fraction of sp³-hybridized carbons (Fsp3) is 0.308. The van der Waals surface area contributed by atoms with Crippen molar-refractivity contribution in [2.24, 2.45) is 0 Å². The van der Waals surface area contributed by atoms with E-state index >= 15 is 0 Å². The van der Waals surface area contributed by atoms with Gasteiger partial charge in [0.2, 0.25) is 0 Å². The molecule has 0 aromatic heterocycles. The van der Waals surface area contributed by atoms with Crippen molar-refractivity contribution < 1.29 is 14.3 Å². The first-order chi connectivity index (χ1) is 7.77. The van der Waals surface area contributed by atoms with E-state index in [1.165, 1.54) is 7.11 Å². The molecule has 3 nitrogen and oxygen atoms in total. The van der Waals surface area contributed by atoms with Crippen LogP contribution in [0.1, 0.15) is 23.2 Å². The van der Waals surface area contributed by atoms with Crippen molar-refractivity contribution in [2.75, 3.05) is 13.7 Å². The summed E-state index contributed by atoms with van der Waals surface area (Å²) in [7, 11) is 1.35. The van der Waals surface area contributed by atoms with Crippen LogP contribution in [0, 0.1) is 12.3 Å². The van der Waals surface area contributed by atoms with Crippen molar-refractivity contribution in [1.82, 2.24) is 0 Å². The third-order valence-electron chi connectivity index (χ3n) is 1.99. The Morgan fingerprint density at radius 1 is 1.50 bits per heavy atom. The van der Waals surface area contributed by atoms with E-state index in [9.17, 15) is 4.79 Å². The quantitative estimate of drug-likeness (QED) is 0.432. The minimum absolute atomic E-state index is 0.367. The van der Waals surface area contributed by atoms with Crippen LogP contribution in [0.2, 0.25) is 0 Å². The molecule has 3 heteroatoms. The molecule has 0 saturated carbocycles. The lowest BCUT2D eigenvalue weighted by Crippen LogP contribution is -2.02. The Morgan fingerprint density at radius 3 is 3.00 bits per heavy atom. The fourth-order valence-corrected chi connectivity index (χ4v) is 1.19. The molecule has 0 unspecified atom stereocenters. The molecule has 0 bridgehead atoms. The number of terminal acetylenes is 1. The van der Waals surface area contributed by atoms with Crippen LogP contribution in [0.3, 0.4) is 0 Å². The van der Waals surface area contributed by atoms with E-state index in [-0.39, 0.29) is 5.97 Å². The van der Waals surface area contributed by atoms with Crippen LogP contribution < -0.4 is 4.74 Å². The Hall–Kier alpha value is -1.95. The van der Waals surface area contributed by atoms with Gasteiger partial charge < -0.3 is 9.47 Å². The van der Waals surface area contributed by atoms with Gasteiger partial charge in [-0.2, -0.15) is 0 Å². The number of benzene rings is 1. The molecule has 0 spiro atoms. The highest BCUT2D eigenvalue weighted by molar-refractivity contribution is 5.89. The number of esters is 1. The van der Waals surface area contributed by atoms with Crippen molar-refractivity contribution in [1.29, 1.82) is 0 Å². The number of carbonyl (C=O) groups is 1. The van der Waals surface area contributed by atoms with Gasteiger partial charge in [-0.05, 0) is 24.6 Å². The van der Waals surface area contributed by atoms with Crippen LogP contribution in [0.4, 0.5) is 0 Å². The first-order valence-electron chi connectivity index (χ1n) is 5.02. The number of ether oxygens (including phenoxy) is 2. The van der Waals surface area contributed by atoms with E-state index in [0.29, 0.717) is 24.3 Å². The van der Waals surface area contributed by atoms with Crippen LogP contribution in [0.25, 0.3) is 0 Å². The molecule has 16 heavy (non-hydrogen) atoms. The first-order valence-corrected chi connectivity index (χ1v) is 5.02. The standard InChI is InChI=1S/C13H14O3/c1-3-4-5-9-16-12-8-6-7-11(10-12)13(14)15-2/h1,6-8,10H,4-5,9H2,2H3. The molecule has 0 radical (unpaired) electrons. The Kier molecular flexibility index (Phi) is 4.94. The highest BCUT2D eigenvalue weighted by atomic mass is 16.5. The molecule has 0 heterocycles. The maximum absolute atomic E-state index is 11.2. The largest absolute Gasteiger partial charge is 0.494 e. The summed E-state index contributed by atoms with van der Waals surface area (Å²) in [6.45, 7) is 0.550. The van der Waals surface area contributed by atoms with Crippen molar-refractivity contribution in [3.05, 3.63) is 29.8 Å². The minimum atomic E-state index is -0.367. The minimum Gasteiger partial charge on any atom is -0.494 e. The van der Waals surface area contributed by atoms with Crippen molar-refractivity contribution in [2.45, 2.75) is 12.8 Å². The summed E-state index contributed by atoms with van der Waals surface area (Å²) in [5.74, 6) is 2.82. The van der Waals surface area contributed by atoms with Gasteiger partial charge in [0.05, 0.1) is 19.3 Å². The Bertz CT molecular complexity index is 390. The number of unbranched alkanes of at least 4 members (excludes halogenated alkanes) is 1. The topological polar surface area (TPSA) is 35.5 Å². The molecule has 0 aliphatic rings. The molecule has 0 fully saturated rings. The maximum Gasteiger partial charge on any atom is 0.337 e. The average molecular weight is 218 g/mol. The van der Waals surface area contributed by atoms with Gasteiger partial charge in [-0.25, -0.2) is 4.79 Å². The lowest BCUT2D eigenvalue weighted by Gasteiger charge is -2.06. The van der Waals surface area contributed by atoms with Gasteiger partial charge in [0.15, 0.2) is 0 Å². The summed E-state index contributed by atoms with van der Waals surface area (Å²) < 4.78 is 10.1. The second-order valence-electron chi connectivity index (χ2n) is 3.18. The first kappa shape index (κ1) is 12.1. The molecular formula is C13H14O3. The Labute approximate surface area is 95.4 Å². The van der Waals surface area contributed by atoms with Crippen LogP contribution in [-0.4, -0.2) is 19.7 Å². The zero-order valence-electron chi connectivity index (χ0n) is 9.23. The van der Waals surface area contributed by atoms with Crippen LogP contribution in [0.5, 0.6) is 5.75 Å². The van der Waals surface area contributed by atoms with Crippen molar-refractivity contribution in [3.8, 4) is 18.1 Å². The van der Waals surface area contributed by atoms with Crippen LogP contribution in [0.15, 0.2) is 24.3 Å². The van der Waals surface area contributed by atoms with Gasteiger partial charge in [-0.1, -0.05) is 6.07 Å². The summed E-state index contributed by atoms with van der Waals surface area (Å²) in [5, 5.41) is 0. The van der Waals surface area contributed by atoms with Gasteiger partial charge in [-0.15, -0.1) is 12.3 Å².